The van der Waals surface area contributed by atoms with Crippen LogP contribution in [0.2, 0.25) is 0 Å². The molecule has 1 aromatic rings. The summed E-state index contributed by atoms with van der Waals surface area (Å²) in [6.45, 7) is 6.87. The van der Waals surface area contributed by atoms with E-state index in [1.54, 1.807) is 11.8 Å². The number of carboxylic acid groups (broad SMARTS) is 1. The van der Waals surface area contributed by atoms with Crippen molar-refractivity contribution in [2.45, 2.75) is 51.9 Å². The van der Waals surface area contributed by atoms with Gasteiger partial charge in [-0.15, -0.1) is 0 Å². The summed E-state index contributed by atoms with van der Waals surface area (Å²) < 4.78 is 0. The van der Waals surface area contributed by atoms with E-state index in [0.29, 0.717) is 19.5 Å². The van der Waals surface area contributed by atoms with Gasteiger partial charge in [0, 0.05) is 13.1 Å². The standard InChI is InChI=1S/C19H25NO3/c1-13-9-14(2)11-15(10-13)19(6-7-19)16(21)20-8-4-5-18(3,12-20)17(22)23/h9-11H,4-8,12H2,1-3H3,(H,22,23). The van der Waals surface area contributed by atoms with Gasteiger partial charge in [0.25, 0.3) is 0 Å². The van der Waals surface area contributed by atoms with Crippen LogP contribution in [0.1, 0.15) is 49.3 Å². The molecule has 1 saturated heterocycles. The molecule has 4 nitrogen and oxygen atoms in total. The molecule has 1 heterocycles. The number of piperidine rings is 1. The molecule has 1 aromatic carbocycles. The van der Waals surface area contributed by atoms with E-state index in [1.807, 2.05) is 0 Å². The molecule has 124 valence electrons. The topological polar surface area (TPSA) is 57.6 Å². The van der Waals surface area contributed by atoms with Crippen LogP contribution in [-0.4, -0.2) is 35.0 Å². The highest BCUT2D eigenvalue weighted by Gasteiger charge is 2.54. The number of hydrogen-bond acceptors (Lipinski definition) is 2. The lowest BCUT2D eigenvalue weighted by Gasteiger charge is -2.39. The molecule has 0 aromatic heterocycles. The van der Waals surface area contributed by atoms with Crippen LogP contribution >= 0.6 is 0 Å². The zero-order valence-corrected chi connectivity index (χ0v) is 14.2. The lowest BCUT2D eigenvalue weighted by atomic mass is 9.81. The molecule has 0 radical (unpaired) electrons. The number of hydrogen-bond donors (Lipinski definition) is 1. The van der Waals surface area contributed by atoms with E-state index in [4.69, 9.17) is 0 Å². The molecule has 1 saturated carbocycles. The largest absolute Gasteiger partial charge is 0.481 e. The Labute approximate surface area is 137 Å². The molecule has 23 heavy (non-hydrogen) atoms. The lowest BCUT2D eigenvalue weighted by Crippen LogP contribution is -2.51. The Morgan fingerprint density at radius 2 is 1.70 bits per heavy atom. The Bertz CT molecular complexity index is 642. The van der Waals surface area contributed by atoms with Crippen LogP contribution in [0.15, 0.2) is 18.2 Å². The van der Waals surface area contributed by atoms with Crippen molar-refractivity contribution < 1.29 is 14.7 Å². The molecule has 1 N–H and O–H groups in total. The molecule has 1 aliphatic heterocycles. The summed E-state index contributed by atoms with van der Waals surface area (Å²) in [6, 6.07) is 6.34. The van der Waals surface area contributed by atoms with Crippen LogP contribution in [0.3, 0.4) is 0 Å². The molecule has 0 bridgehead atoms. The van der Waals surface area contributed by atoms with Crippen molar-refractivity contribution >= 4 is 11.9 Å². The van der Waals surface area contributed by atoms with Gasteiger partial charge in [0.15, 0.2) is 0 Å². The van der Waals surface area contributed by atoms with E-state index in [9.17, 15) is 14.7 Å². The van der Waals surface area contributed by atoms with E-state index in [1.165, 1.54) is 11.1 Å². The summed E-state index contributed by atoms with van der Waals surface area (Å²) in [5.41, 5.74) is 2.23. The van der Waals surface area contributed by atoms with Crippen LogP contribution < -0.4 is 0 Å². The Kier molecular flexibility index (Phi) is 3.74. The number of aryl methyl sites for hydroxylation is 2. The second-order valence-corrected chi connectivity index (χ2v) is 7.65. The summed E-state index contributed by atoms with van der Waals surface area (Å²) in [5.74, 6) is -0.680. The quantitative estimate of drug-likeness (QED) is 0.932. The number of likely N-dealkylation sites (tertiary alicyclic amines) is 1. The van der Waals surface area contributed by atoms with Gasteiger partial charge in [0.1, 0.15) is 0 Å². The number of rotatable bonds is 3. The lowest BCUT2D eigenvalue weighted by molar-refractivity contribution is -0.154. The summed E-state index contributed by atoms with van der Waals surface area (Å²) >= 11 is 0. The number of nitrogens with zero attached hydrogens (tertiary/aromatic N) is 1. The van der Waals surface area contributed by atoms with Gasteiger partial charge in [-0.2, -0.15) is 0 Å². The minimum Gasteiger partial charge on any atom is -0.481 e. The number of aliphatic carboxylic acids is 1. The third kappa shape index (κ3) is 2.75. The first-order valence-corrected chi connectivity index (χ1v) is 8.38. The second-order valence-electron chi connectivity index (χ2n) is 7.65. The van der Waals surface area contributed by atoms with Crippen molar-refractivity contribution in [2.75, 3.05) is 13.1 Å². The first-order valence-electron chi connectivity index (χ1n) is 8.38. The maximum absolute atomic E-state index is 13.1. The average Bonchev–Trinajstić information content (AvgIpc) is 3.27. The predicted octanol–water partition coefficient (Wildman–Crippen LogP) is 3.05. The molecule has 1 aliphatic carbocycles. The van der Waals surface area contributed by atoms with Gasteiger partial charge in [-0.1, -0.05) is 29.3 Å². The van der Waals surface area contributed by atoms with Crippen LogP contribution in [0, 0.1) is 19.3 Å². The van der Waals surface area contributed by atoms with E-state index >= 15 is 0 Å². The fourth-order valence-electron chi connectivity index (χ4n) is 3.89. The highest BCUT2D eigenvalue weighted by Crippen LogP contribution is 2.50. The van der Waals surface area contributed by atoms with Crippen molar-refractivity contribution in [3.63, 3.8) is 0 Å². The molecule has 1 atom stereocenters. The Hall–Kier alpha value is -1.84. The summed E-state index contributed by atoms with van der Waals surface area (Å²) in [7, 11) is 0. The van der Waals surface area contributed by atoms with Gasteiger partial charge in [-0.05, 0) is 52.0 Å². The van der Waals surface area contributed by atoms with Crippen molar-refractivity contribution in [1.29, 1.82) is 0 Å². The number of benzene rings is 1. The smallest absolute Gasteiger partial charge is 0.311 e. The van der Waals surface area contributed by atoms with Gasteiger partial charge in [-0.3, -0.25) is 9.59 Å². The number of carbonyl (C=O) groups excluding carboxylic acids is 1. The highest BCUT2D eigenvalue weighted by molar-refractivity contribution is 5.92. The van der Waals surface area contributed by atoms with Crippen LogP contribution in [0.5, 0.6) is 0 Å². The molecule has 1 amide bonds. The van der Waals surface area contributed by atoms with Gasteiger partial charge >= 0.3 is 5.97 Å². The molecule has 2 fully saturated rings. The van der Waals surface area contributed by atoms with E-state index in [-0.39, 0.29) is 5.91 Å². The third-order valence-corrected chi connectivity index (χ3v) is 5.43. The molecule has 4 heteroatoms. The average molecular weight is 315 g/mol. The maximum atomic E-state index is 13.1. The van der Waals surface area contributed by atoms with Crippen molar-refractivity contribution in [3.8, 4) is 0 Å². The van der Waals surface area contributed by atoms with Gasteiger partial charge in [0.2, 0.25) is 5.91 Å². The number of carboxylic acids is 1. The molecule has 1 unspecified atom stereocenters. The van der Waals surface area contributed by atoms with E-state index in [2.05, 4.69) is 32.0 Å². The first-order chi connectivity index (χ1) is 10.8. The van der Waals surface area contributed by atoms with Crippen LogP contribution in [0.25, 0.3) is 0 Å². The zero-order valence-electron chi connectivity index (χ0n) is 14.2. The predicted molar refractivity (Wildman–Crippen MR) is 88.4 cm³/mol. The Balaban J connectivity index is 1.86. The van der Waals surface area contributed by atoms with Crippen molar-refractivity contribution in [1.82, 2.24) is 4.90 Å². The molecular formula is C19H25NO3. The van der Waals surface area contributed by atoms with Gasteiger partial charge < -0.3 is 10.0 Å². The summed E-state index contributed by atoms with van der Waals surface area (Å²) in [4.78, 5) is 26.5. The molecule has 2 aliphatic rings. The van der Waals surface area contributed by atoms with Crippen molar-refractivity contribution in [3.05, 3.63) is 34.9 Å². The second kappa shape index (κ2) is 5.36. The monoisotopic (exact) mass is 315 g/mol. The zero-order chi connectivity index (χ0) is 16.8. The number of amides is 1. The summed E-state index contributed by atoms with van der Waals surface area (Å²) in [5, 5.41) is 9.47. The fourth-order valence-corrected chi connectivity index (χ4v) is 3.89. The Morgan fingerprint density at radius 3 is 2.22 bits per heavy atom. The van der Waals surface area contributed by atoms with Crippen molar-refractivity contribution in [2.24, 2.45) is 5.41 Å². The minimum atomic E-state index is -0.813. The Morgan fingerprint density at radius 1 is 1.09 bits per heavy atom. The van der Waals surface area contributed by atoms with E-state index < -0.39 is 16.8 Å². The minimum absolute atomic E-state index is 0.120. The number of carbonyl (C=O) groups is 2. The molecule has 3 rings (SSSR count). The van der Waals surface area contributed by atoms with Crippen LogP contribution in [0.4, 0.5) is 0 Å². The normalized spacial score (nSPS) is 26.0. The van der Waals surface area contributed by atoms with Gasteiger partial charge in [0.05, 0.1) is 10.8 Å². The van der Waals surface area contributed by atoms with Gasteiger partial charge in [-0.25, -0.2) is 0 Å². The third-order valence-electron chi connectivity index (χ3n) is 5.43. The first kappa shape index (κ1) is 16.0. The molecular weight excluding hydrogens is 290 g/mol. The van der Waals surface area contributed by atoms with E-state index in [0.717, 1.165) is 24.8 Å². The summed E-state index contributed by atoms with van der Waals surface area (Å²) in [6.07, 6.45) is 3.14. The fraction of sp³-hybridized carbons (Fsp3) is 0.579. The van der Waals surface area contributed by atoms with Crippen LogP contribution in [-0.2, 0) is 15.0 Å². The maximum Gasteiger partial charge on any atom is 0.311 e. The highest BCUT2D eigenvalue weighted by atomic mass is 16.4. The SMILES string of the molecule is Cc1cc(C)cc(C2(C(=O)N3CCCC(C)(C(=O)O)C3)CC2)c1. The molecule has 0 spiro atoms.